The molecule has 0 heterocycles. The standard InChI is InChI=1S/C15H11F3O2S/c1-20-11-3-2-4-12(8-11)21-14-6-5-10(9-19)7-13(14)15(16,17)18/h2-9H,1H3. The lowest BCUT2D eigenvalue weighted by atomic mass is 10.1. The fourth-order valence-corrected chi connectivity index (χ4v) is 2.72. The zero-order valence-electron chi connectivity index (χ0n) is 11.0. The fourth-order valence-electron chi connectivity index (χ4n) is 1.72. The van der Waals surface area contributed by atoms with Crippen LogP contribution in [0.5, 0.6) is 5.75 Å². The quantitative estimate of drug-likeness (QED) is 0.767. The summed E-state index contributed by atoms with van der Waals surface area (Å²) in [6.07, 6.45) is -4.12. The molecule has 0 aliphatic carbocycles. The smallest absolute Gasteiger partial charge is 0.417 e. The number of methoxy groups -OCH3 is 1. The molecule has 2 rings (SSSR count). The molecule has 0 radical (unpaired) electrons. The van der Waals surface area contributed by atoms with Gasteiger partial charge in [0.15, 0.2) is 0 Å². The molecule has 0 saturated heterocycles. The van der Waals surface area contributed by atoms with Crippen molar-refractivity contribution in [1.29, 1.82) is 0 Å². The van der Waals surface area contributed by atoms with E-state index in [0.717, 1.165) is 17.8 Å². The van der Waals surface area contributed by atoms with Crippen molar-refractivity contribution in [3.63, 3.8) is 0 Å². The highest BCUT2D eigenvalue weighted by molar-refractivity contribution is 7.99. The summed E-state index contributed by atoms with van der Waals surface area (Å²) < 4.78 is 44.2. The molecule has 21 heavy (non-hydrogen) atoms. The minimum absolute atomic E-state index is 0.00248. The van der Waals surface area contributed by atoms with Crippen molar-refractivity contribution in [2.75, 3.05) is 7.11 Å². The maximum Gasteiger partial charge on any atom is 0.417 e. The van der Waals surface area contributed by atoms with Gasteiger partial charge in [-0.15, -0.1) is 0 Å². The third-order valence-electron chi connectivity index (χ3n) is 2.71. The first-order chi connectivity index (χ1) is 9.94. The molecule has 2 nitrogen and oxygen atoms in total. The first-order valence-electron chi connectivity index (χ1n) is 5.92. The molecule has 0 atom stereocenters. The molecule has 0 fully saturated rings. The van der Waals surface area contributed by atoms with Gasteiger partial charge in [0.05, 0.1) is 12.7 Å². The first kappa shape index (κ1) is 15.4. The molecular weight excluding hydrogens is 301 g/mol. The van der Waals surface area contributed by atoms with Crippen molar-refractivity contribution in [2.24, 2.45) is 0 Å². The van der Waals surface area contributed by atoms with Crippen LogP contribution in [0.2, 0.25) is 0 Å². The second-order valence-electron chi connectivity index (χ2n) is 4.15. The molecule has 0 unspecified atom stereocenters. The van der Waals surface area contributed by atoms with Gasteiger partial charge in [0.25, 0.3) is 0 Å². The average molecular weight is 312 g/mol. The van der Waals surface area contributed by atoms with Crippen molar-refractivity contribution in [1.82, 2.24) is 0 Å². The van der Waals surface area contributed by atoms with Crippen LogP contribution in [-0.4, -0.2) is 13.4 Å². The number of hydrogen-bond acceptors (Lipinski definition) is 3. The Labute approximate surface area is 123 Å². The van der Waals surface area contributed by atoms with Crippen LogP contribution < -0.4 is 4.74 Å². The number of rotatable bonds is 4. The summed E-state index contributed by atoms with van der Waals surface area (Å²) in [5.41, 5.74) is -0.822. The largest absolute Gasteiger partial charge is 0.497 e. The minimum atomic E-state index is -4.51. The Morgan fingerprint density at radius 3 is 2.52 bits per heavy atom. The summed E-state index contributed by atoms with van der Waals surface area (Å²) in [4.78, 5) is 11.3. The topological polar surface area (TPSA) is 26.3 Å². The lowest BCUT2D eigenvalue weighted by molar-refractivity contribution is -0.139. The van der Waals surface area contributed by atoms with Gasteiger partial charge in [-0.25, -0.2) is 0 Å². The molecule has 0 aromatic heterocycles. The van der Waals surface area contributed by atoms with E-state index >= 15 is 0 Å². The summed E-state index contributed by atoms with van der Waals surface area (Å²) >= 11 is 0.974. The highest BCUT2D eigenvalue weighted by atomic mass is 32.2. The molecule has 0 spiro atoms. The van der Waals surface area contributed by atoms with E-state index in [4.69, 9.17) is 4.74 Å². The van der Waals surface area contributed by atoms with Crippen molar-refractivity contribution in [3.8, 4) is 5.75 Å². The number of alkyl halides is 3. The Morgan fingerprint density at radius 2 is 1.90 bits per heavy atom. The maximum absolute atomic E-state index is 13.1. The van der Waals surface area contributed by atoms with Gasteiger partial charge in [-0.2, -0.15) is 13.2 Å². The predicted octanol–water partition coefficient (Wildman–Crippen LogP) is 4.68. The second-order valence-corrected chi connectivity index (χ2v) is 5.27. The van der Waals surface area contributed by atoms with Gasteiger partial charge in [0.2, 0.25) is 0 Å². The van der Waals surface area contributed by atoms with E-state index in [1.807, 2.05) is 0 Å². The Morgan fingerprint density at radius 1 is 1.14 bits per heavy atom. The van der Waals surface area contributed by atoms with Gasteiger partial charge in [-0.05, 0) is 30.3 Å². The number of benzene rings is 2. The van der Waals surface area contributed by atoms with Gasteiger partial charge in [0.1, 0.15) is 12.0 Å². The van der Waals surface area contributed by atoms with Gasteiger partial charge in [0, 0.05) is 15.4 Å². The van der Waals surface area contributed by atoms with Crippen LogP contribution in [0, 0.1) is 0 Å². The summed E-state index contributed by atoms with van der Waals surface area (Å²) in [6, 6.07) is 10.3. The highest BCUT2D eigenvalue weighted by Crippen LogP contribution is 2.40. The molecule has 2 aromatic carbocycles. The average Bonchev–Trinajstić information content (AvgIpc) is 2.46. The Bertz CT molecular complexity index is 654. The Kier molecular flexibility index (Phi) is 4.57. The van der Waals surface area contributed by atoms with Gasteiger partial charge in [-0.1, -0.05) is 23.9 Å². The van der Waals surface area contributed by atoms with Crippen LogP contribution in [0.3, 0.4) is 0 Å². The molecule has 6 heteroatoms. The molecule has 0 bridgehead atoms. The van der Waals surface area contributed by atoms with E-state index in [0.29, 0.717) is 16.9 Å². The van der Waals surface area contributed by atoms with Crippen molar-refractivity contribution in [2.45, 2.75) is 16.0 Å². The number of halogens is 3. The number of aldehydes is 1. The van der Waals surface area contributed by atoms with Gasteiger partial charge in [-0.3, -0.25) is 4.79 Å². The third kappa shape index (κ3) is 3.78. The Balaban J connectivity index is 2.41. The SMILES string of the molecule is COc1cccc(Sc2ccc(C=O)cc2C(F)(F)F)c1. The third-order valence-corrected chi connectivity index (χ3v) is 3.78. The van der Waals surface area contributed by atoms with E-state index in [2.05, 4.69) is 0 Å². The van der Waals surface area contributed by atoms with Crippen LogP contribution in [-0.2, 0) is 6.18 Å². The first-order valence-corrected chi connectivity index (χ1v) is 6.74. The van der Waals surface area contributed by atoms with E-state index < -0.39 is 11.7 Å². The van der Waals surface area contributed by atoms with Gasteiger partial charge >= 0.3 is 6.18 Å². The zero-order valence-corrected chi connectivity index (χ0v) is 11.8. The van der Waals surface area contributed by atoms with Crippen LogP contribution in [0.1, 0.15) is 15.9 Å². The zero-order chi connectivity index (χ0) is 15.5. The van der Waals surface area contributed by atoms with Crippen LogP contribution in [0.15, 0.2) is 52.3 Å². The predicted molar refractivity (Wildman–Crippen MR) is 73.9 cm³/mol. The van der Waals surface area contributed by atoms with Crippen LogP contribution in [0.4, 0.5) is 13.2 Å². The van der Waals surface area contributed by atoms with Crippen molar-refractivity contribution in [3.05, 3.63) is 53.6 Å². The van der Waals surface area contributed by atoms with Gasteiger partial charge < -0.3 is 4.74 Å². The van der Waals surface area contributed by atoms with E-state index in [-0.39, 0.29) is 10.5 Å². The molecular formula is C15H11F3O2S. The van der Waals surface area contributed by atoms with E-state index in [1.165, 1.54) is 19.2 Å². The summed E-state index contributed by atoms with van der Waals surface area (Å²) in [5.74, 6) is 0.568. The minimum Gasteiger partial charge on any atom is -0.497 e. The monoisotopic (exact) mass is 312 g/mol. The van der Waals surface area contributed by atoms with E-state index in [1.54, 1.807) is 24.3 Å². The molecule has 0 saturated carbocycles. The molecule has 110 valence electrons. The lowest BCUT2D eigenvalue weighted by Crippen LogP contribution is -2.07. The summed E-state index contributed by atoms with van der Waals surface area (Å²) in [6.45, 7) is 0. The second kappa shape index (κ2) is 6.22. The summed E-state index contributed by atoms with van der Waals surface area (Å²) in [7, 11) is 1.49. The maximum atomic E-state index is 13.1. The number of hydrogen-bond donors (Lipinski definition) is 0. The number of carbonyl (C=O) groups excluding carboxylic acids is 1. The molecule has 0 aliphatic heterocycles. The summed E-state index contributed by atoms with van der Waals surface area (Å²) in [5, 5.41) is 0. The number of ether oxygens (including phenoxy) is 1. The molecule has 0 N–H and O–H groups in total. The van der Waals surface area contributed by atoms with Crippen molar-refractivity contribution < 1.29 is 22.7 Å². The molecule has 0 aliphatic rings. The molecule has 0 amide bonds. The normalized spacial score (nSPS) is 11.2. The molecule has 2 aromatic rings. The Hall–Kier alpha value is -1.95. The van der Waals surface area contributed by atoms with Crippen LogP contribution in [0.25, 0.3) is 0 Å². The van der Waals surface area contributed by atoms with Crippen LogP contribution >= 0.6 is 11.8 Å². The number of carbonyl (C=O) groups is 1. The van der Waals surface area contributed by atoms with E-state index in [9.17, 15) is 18.0 Å². The van der Waals surface area contributed by atoms with Crippen molar-refractivity contribution >= 4 is 18.0 Å². The fraction of sp³-hybridized carbons (Fsp3) is 0.133. The highest BCUT2D eigenvalue weighted by Gasteiger charge is 2.34. The lowest BCUT2D eigenvalue weighted by Gasteiger charge is -2.13.